The van der Waals surface area contributed by atoms with Crippen LogP contribution in [-0.2, 0) is 10.0 Å². The molecule has 0 spiro atoms. The van der Waals surface area contributed by atoms with Crippen molar-refractivity contribution in [2.24, 2.45) is 0 Å². The molecule has 2 heterocycles. The van der Waals surface area contributed by atoms with E-state index in [2.05, 4.69) is 24.9 Å². The van der Waals surface area contributed by atoms with E-state index in [9.17, 15) is 8.42 Å². The maximum absolute atomic E-state index is 12.6. The molecule has 0 bridgehead atoms. The van der Waals surface area contributed by atoms with Gasteiger partial charge in [0.2, 0.25) is 11.1 Å². The average molecular weight is 349 g/mol. The number of para-hydroxylation sites is 1. The van der Waals surface area contributed by atoms with Crippen LogP contribution in [0, 0.1) is 0 Å². The SMILES string of the molecule is CC(C)Sc1n[nH]c(NS(=O)(=O)c2cccc3cccnc23)n1. The molecule has 1 aromatic carbocycles. The number of benzene rings is 1. The Morgan fingerprint density at radius 1 is 1.22 bits per heavy atom. The Hall–Kier alpha value is -2.13. The maximum atomic E-state index is 12.6. The molecule has 9 heteroatoms. The highest BCUT2D eigenvalue weighted by atomic mass is 32.2. The van der Waals surface area contributed by atoms with E-state index >= 15 is 0 Å². The Morgan fingerprint density at radius 3 is 2.78 bits per heavy atom. The molecule has 120 valence electrons. The van der Waals surface area contributed by atoms with Gasteiger partial charge in [-0.2, -0.15) is 4.98 Å². The molecular formula is C14H15N5O2S2. The van der Waals surface area contributed by atoms with Gasteiger partial charge in [0.1, 0.15) is 4.90 Å². The quantitative estimate of drug-likeness (QED) is 0.687. The standard InChI is InChI=1S/C14H15N5O2S2/c1-9(2)22-14-16-13(17-18-14)19-23(20,21)11-7-3-5-10-6-4-8-15-12(10)11/h3-9H,1-2H3,(H2,16,17,18,19). The van der Waals surface area contributed by atoms with E-state index in [1.54, 1.807) is 18.3 Å². The predicted octanol–water partition coefficient (Wildman–Crippen LogP) is 2.65. The van der Waals surface area contributed by atoms with E-state index in [4.69, 9.17) is 0 Å². The summed E-state index contributed by atoms with van der Waals surface area (Å²) in [6.45, 7) is 4.01. The highest BCUT2D eigenvalue weighted by molar-refractivity contribution is 7.99. The third-order valence-corrected chi connectivity index (χ3v) is 5.16. The van der Waals surface area contributed by atoms with Gasteiger partial charge in [0.05, 0.1) is 5.52 Å². The predicted molar refractivity (Wildman–Crippen MR) is 89.9 cm³/mol. The van der Waals surface area contributed by atoms with Crippen molar-refractivity contribution in [3.8, 4) is 0 Å². The van der Waals surface area contributed by atoms with Crippen molar-refractivity contribution in [3.63, 3.8) is 0 Å². The van der Waals surface area contributed by atoms with Crippen molar-refractivity contribution in [2.45, 2.75) is 29.1 Å². The summed E-state index contributed by atoms with van der Waals surface area (Å²) in [6.07, 6.45) is 1.56. The van der Waals surface area contributed by atoms with Gasteiger partial charge in [-0.3, -0.25) is 4.98 Å². The molecule has 0 unspecified atom stereocenters. The van der Waals surface area contributed by atoms with Gasteiger partial charge in [0, 0.05) is 16.8 Å². The highest BCUT2D eigenvalue weighted by Crippen LogP contribution is 2.23. The monoisotopic (exact) mass is 349 g/mol. The fourth-order valence-electron chi connectivity index (χ4n) is 2.03. The Balaban J connectivity index is 1.93. The normalized spacial score (nSPS) is 12.0. The van der Waals surface area contributed by atoms with Gasteiger partial charge in [0.15, 0.2) is 0 Å². The van der Waals surface area contributed by atoms with Crippen LogP contribution in [0.5, 0.6) is 0 Å². The minimum absolute atomic E-state index is 0.0843. The van der Waals surface area contributed by atoms with Crippen LogP contribution in [0.4, 0.5) is 5.95 Å². The Kier molecular flexibility index (Phi) is 4.22. The van der Waals surface area contributed by atoms with Crippen molar-refractivity contribution in [2.75, 3.05) is 4.72 Å². The summed E-state index contributed by atoms with van der Waals surface area (Å²) in [6, 6.07) is 8.58. The third-order valence-electron chi connectivity index (χ3n) is 2.92. The van der Waals surface area contributed by atoms with E-state index in [1.807, 2.05) is 26.0 Å². The second kappa shape index (κ2) is 6.17. The second-order valence-electron chi connectivity index (χ2n) is 5.07. The summed E-state index contributed by atoms with van der Waals surface area (Å²) in [5.74, 6) is 0.0843. The van der Waals surface area contributed by atoms with Gasteiger partial charge < -0.3 is 0 Å². The molecule has 3 rings (SSSR count). The summed E-state index contributed by atoms with van der Waals surface area (Å²) in [4.78, 5) is 8.39. The van der Waals surface area contributed by atoms with Crippen LogP contribution in [0.25, 0.3) is 10.9 Å². The minimum Gasteiger partial charge on any atom is -0.255 e. The molecule has 3 aromatic rings. The van der Waals surface area contributed by atoms with Gasteiger partial charge in [-0.05, 0) is 12.1 Å². The second-order valence-corrected chi connectivity index (χ2v) is 8.26. The van der Waals surface area contributed by atoms with Crippen LogP contribution >= 0.6 is 11.8 Å². The zero-order valence-electron chi connectivity index (χ0n) is 12.5. The first-order chi connectivity index (χ1) is 11.0. The van der Waals surface area contributed by atoms with Crippen LogP contribution in [0.2, 0.25) is 0 Å². The van der Waals surface area contributed by atoms with E-state index in [0.717, 1.165) is 5.39 Å². The van der Waals surface area contributed by atoms with Crippen molar-refractivity contribution in [3.05, 3.63) is 36.5 Å². The largest absolute Gasteiger partial charge is 0.266 e. The lowest BCUT2D eigenvalue weighted by Crippen LogP contribution is -2.14. The van der Waals surface area contributed by atoms with Gasteiger partial charge >= 0.3 is 0 Å². The minimum atomic E-state index is -3.81. The van der Waals surface area contributed by atoms with E-state index in [1.165, 1.54) is 17.8 Å². The highest BCUT2D eigenvalue weighted by Gasteiger charge is 2.20. The Labute approximate surface area is 138 Å². The lowest BCUT2D eigenvalue weighted by molar-refractivity contribution is 0.601. The number of nitrogens with zero attached hydrogens (tertiary/aromatic N) is 3. The van der Waals surface area contributed by atoms with Crippen LogP contribution in [0.15, 0.2) is 46.6 Å². The first kappa shape index (κ1) is 15.8. The molecule has 0 aliphatic rings. The third kappa shape index (κ3) is 3.45. The number of thioether (sulfide) groups is 1. The van der Waals surface area contributed by atoms with E-state index < -0.39 is 10.0 Å². The van der Waals surface area contributed by atoms with Crippen molar-refractivity contribution < 1.29 is 8.42 Å². The number of hydrogen-bond acceptors (Lipinski definition) is 6. The zero-order valence-corrected chi connectivity index (χ0v) is 14.1. The average Bonchev–Trinajstić information content (AvgIpc) is 2.92. The number of H-pyrrole nitrogens is 1. The van der Waals surface area contributed by atoms with Crippen molar-refractivity contribution in [1.29, 1.82) is 0 Å². The van der Waals surface area contributed by atoms with Gasteiger partial charge in [-0.1, -0.05) is 43.8 Å². The number of aromatic nitrogens is 4. The number of pyridine rings is 1. The first-order valence-corrected chi connectivity index (χ1v) is 9.27. The number of rotatable bonds is 5. The number of sulfonamides is 1. The summed E-state index contributed by atoms with van der Waals surface area (Å²) in [5, 5.41) is 8.12. The molecule has 0 aliphatic carbocycles. The van der Waals surface area contributed by atoms with Gasteiger partial charge in [-0.25, -0.2) is 18.2 Å². The van der Waals surface area contributed by atoms with Crippen LogP contribution in [0.1, 0.15) is 13.8 Å². The number of anilines is 1. The van der Waals surface area contributed by atoms with Crippen LogP contribution in [0.3, 0.4) is 0 Å². The maximum Gasteiger partial charge on any atom is 0.266 e. The van der Waals surface area contributed by atoms with E-state index in [0.29, 0.717) is 15.9 Å². The van der Waals surface area contributed by atoms with E-state index in [-0.39, 0.29) is 10.8 Å². The summed E-state index contributed by atoms with van der Waals surface area (Å²) in [5.41, 5.74) is 0.416. The molecular weight excluding hydrogens is 334 g/mol. The molecule has 0 atom stereocenters. The molecule has 0 amide bonds. The number of hydrogen-bond donors (Lipinski definition) is 2. The first-order valence-electron chi connectivity index (χ1n) is 6.91. The lowest BCUT2D eigenvalue weighted by atomic mass is 10.2. The Bertz CT molecular complexity index is 932. The Morgan fingerprint density at radius 2 is 2.00 bits per heavy atom. The van der Waals surface area contributed by atoms with Crippen LogP contribution in [-0.4, -0.2) is 33.8 Å². The molecule has 2 N–H and O–H groups in total. The van der Waals surface area contributed by atoms with Crippen LogP contribution < -0.4 is 4.72 Å². The summed E-state index contributed by atoms with van der Waals surface area (Å²) in [7, 11) is -3.81. The molecule has 23 heavy (non-hydrogen) atoms. The van der Waals surface area contributed by atoms with Crippen molar-refractivity contribution >= 4 is 38.6 Å². The molecule has 7 nitrogen and oxygen atoms in total. The fraction of sp³-hybridized carbons (Fsp3) is 0.214. The van der Waals surface area contributed by atoms with Crippen molar-refractivity contribution in [1.82, 2.24) is 20.2 Å². The van der Waals surface area contributed by atoms with Gasteiger partial charge in [0.25, 0.3) is 10.0 Å². The number of aromatic amines is 1. The summed E-state index contributed by atoms with van der Waals surface area (Å²) >= 11 is 1.44. The molecule has 0 aliphatic heterocycles. The molecule has 0 radical (unpaired) electrons. The smallest absolute Gasteiger partial charge is 0.255 e. The number of fused-ring (bicyclic) bond motifs is 1. The summed E-state index contributed by atoms with van der Waals surface area (Å²) < 4.78 is 27.6. The van der Waals surface area contributed by atoms with Gasteiger partial charge in [-0.15, -0.1) is 5.10 Å². The number of nitrogens with one attached hydrogen (secondary N) is 2. The molecule has 2 aromatic heterocycles. The molecule has 0 fully saturated rings. The fourth-order valence-corrected chi connectivity index (χ4v) is 3.83. The molecule has 0 saturated carbocycles. The lowest BCUT2D eigenvalue weighted by Gasteiger charge is -2.07. The molecule has 0 saturated heterocycles. The topological polar surface area (TPSA) is 101 Å². The zero-order chi connectivity index (χ0) is 16.4.